The minimum Gasteiger partial charge on any atom is -0.218 e. The summed E-state index contributed by atoms with van der Waals surface area (Å²) in [5, 5.41) is 0. The van der Waals surface area contributed by atoms with Gasteiger partial charge in [0.2, 0.25) is 0 Å². The summed E-state index contributed by atoms with van der Waals surface area (Å²) in [5.74, 6) is 0. The molecule has 0 rings (SSSR count). The van der Waals surface area contributed by atoms with Crippen LogP contribution in [0.5, 0.6) is 0 Å². The molecule has 0 aromatic rings. The molecule has 0 heterocycles. The molecule has 0 bridgehead atoms. The van der Waals surface area contributed by atoms with Crippen LogP contribution in [0.3, 0.4) is 0 Å². The summed E-state index contributed by atoms with van der Waals surface area (Å²) in [6, 6.07) is 0. The highest BCUT2D eigenvalue weighted by molar-refractivity contribution is 5.23. The van der Waals surface area contributed by atoms with Gasteiger partial charge in [0.25, 0.3) is 0 Å². The van der Waals surface area contributed by atoms with Crippen molar-refractivity contribution in [3.63, 3.8) is 0 Å². The third kappa shape index (κ3) is 2.96. The highest BCUT2D eigenvalue weighted by atomic mass is 19.4. The smallest absolute Gasteiger partial charge is 0.218 e. The highest BCUT2D eigenvalue weighted by Gasteiger charge is 2.74. The van der Waals surface area contributed by atoms with E-state index >= 15 is 0 Å². The van der Waals surface area contributed by atoms with Gasteiger partial charge in [-0.3, -0.25) is 0 Å². The number of halogens is 9. The molecular weight excluding hydrogens is 267 g/mol. The largest absolute Gasteiger partial charge is 0.436 e. The summed E-state index contributed by atoms with van der Waals surface area (Å²) in [6.07, 6.45) is -17.0. The predicted molar refractivity (Wildman–Crippen MR) is 39.0 cm³/mol. The van der Waals surface area contributed by atoms with Crippen LogP contribution < -0.4 is 0 Å². The molecule has 0 N–H and O–H groups in total. The van der Waals surface area contributed by atoms with Crippen LogP contribution in [0.25, 0.3) is 0 Å². The van der Waals surface area contributed by atoms with Gasteiger partial charge in [-0.15, -0.1) is 0 Å². The first-order valence-corrected chi connectivity index (χ1v) is 4.01. The minimum absolute atomic E-state index is 0.468. The highest BCUT2D eigenvalue weighted by Crippen LogP contribution is 2.51. The Labute approximate surface area is 89.4 Å². The Morgan fingerprint density at radius 2 is 1.24 bits per heavy atom. The van der Waals surface area contributed by atoms with Crippen LogP contribution >= 0.6 is 0 Å². The maximum absolute atomic E-state index is 13.1. The van der Waals surface area contributed by atoms with Gasteiger partial charge in [0.05, 0.1) is 0 Å². The maximum atomic E-state index is 13.1. The third-order valence-corrected chi connectivity index (χ3v) is 1.80. The molecule has 0 aromatic heterocycles. The lowest BCUT2D eigenvalue weighted by molar-refractivity contribution is -0.326. The van der Waals surface area contributed by atoms with Crippen molar-refractivity contribution in [1.29, 1.82) is 0 Å². The van der Waals surface area contributed by atoms with E-state index in [9.17, 15) is 39.5 Å². The van der Waals surface area contributed by atoms with Gasteiger partial charge in [0.1, 0.15) is 0 Å². The molecular formula is C8H5F9. The molecule has 0 aliphatic carbocycles. The van der Waals surface area contributed by atoms with Crippen molar-refractivity contribution >= 4 is 0 Å². The van der Waals surface area contributed by atoms with Crippen molar-refractivity contribution in [2.75, 3.05) is 0 Å². The fourth-order valence-corrected chi connectivity index (χ4v) is 1.04. The zero-order chi connectivity index (χ0) is 14.1. The van der Waals surface area contributed by atoms with Crippen molar-refractivity contribution in [3.05, 3.63) is 17.4 Å². The Bertz CT molecular complexity index is 321. The normalized spacial score (nSPS) is 13.3. The number of hydrogen-bond acceptors (Lipinski definition) is 0. The van der Waals surface area contributed by atoms with Crippen LogP contribution in [-0.2, 0) is 0 Å². The van der Waals surface area contributed by atoms with Crippen molar-refractivity contribution in [2.45, 2.75) is 31.4 Å². The van der Waals surface area contributed by atoms with E-state index in [4.69, 9.17) is 0 Å². The van der Waals surface area contributed by atoms with Gasteiger partial charge in [-0.25, -0.2) is 4.39 Å². The van der Waals surface area contributed by atoms with Crippen molar-refractivity contribution in [1.82, 2.24) is 0 Å². The van der Waals surface area contributed by atoms with Crippen LogP contribution in [0.2, 0.25) is 0 Å². The van der Waals surface area contributed by atoms with Gasteiger partial charge in [-0.05, 0) is 12.2 Å². The van der Waals surface area contributed by atoms with Crippen LogP contribution in [0.15, 0.2) is 17.4 Å². The predicted octanol–water partition coefficient (Wildman–Crippen LogP) is 4.54. The summed E-state index contributed by atoms with van der Waals surface area (Å²) >= 11 is 0. The molecule has 0 aromatic carbocycles. The lowest BCUT2D eigenvalue weighted by Crippen LogP contribution is -2.54. The van der Waals surface area contributed by atoms with E-state index in [1.807, 2.05) is 0 Å². The summed E-state index contributed by atoms with van der Waals surface area (Å²) in [7, 11) is 0. The standard InChI is InChI=1S/C8H5F9/c1-2-4(3-5(9)10)6(11,7(12,13)14)8(15,16)17/h2H2,1H3. The van der Waals surface area contributed by atoms with E-state index < -0.39 is 36.1 Å². The second-order valence-corrected chi connectivity index (χ2v) is 2.87. The van der Waals surface area contributed by atoms with E-state index in [1.165, 1.54) is 0 Å². The van der Waals surface area contributed by atoms with Gasteiger partial charge in [-0.2, -0.15) is 35.1 Å². The van der Waals surface area contributed by atoms with E-state index in [0.717, 1.165) is 0 Å². The van der Waals surface area contributed by atoms with E-state index in [-0.39, 0.29) is 0 Å². The first-order chi connectivity index (χ1) is 7.38. The van der Waals surface area contributed by atoms with Crippen LogP contribution in [-0.4, -0.2) is 18.0 Å². The Balaban J connectivity index is 6.10. The monoisotopic (exact) mass is 272 g/mol. The molecule has 0 saturated heterocycles. The lowest BCUT2D eigenvalue weighted by atomic mass is 9.92. The number of alkyl halides is 7. The van der Waals surface area contributed by atoms with Crippen molar-refractivity contribution in [3.8, 4) is 0 Å². The molecule has 9 heteroatoms. The maximum Gasteiger partial charge on any atom is 0.436 e. The number of hydrogen-bond donors (Lipinski definition) is 0. The Kier molecular flexibility index (Phi) is 4.33. The van der Waals surface area contributed by atoms with E-state index in [2.05, 4.69) is 0 Å². The van der Waals surface area contributed by atoms with Crippen LogP contribution in [0, 0.1) is 0 Å². The Morgan fingerprint density at radius 3 is 1.41 bits per heavy atom. The summed E-state index contributed by atoms with van der Waals surface area (Å²) in [4.78, 5) is 0. The summed E-state index contributed by atoms with van der Waals surface area (Å²) in [6.45, 7) is 0.678. The molecule has 0 aliphatic rings. The molecule has 0 amide bonds. The summed E-state index contributed by atoms with van der Waals surface area (Å²) < 4.78 is 109. The van der Waals surface area contributed by atoms with Gasteiger partial charge < -0.3 is 0 Å². The molecule has 0 aliphatic heterocycles. The Morgan fingerprint density at radius 1 is 0.882 bits per heavy atom. The average Bonchev–Trinajstić information content (AvgIpc) is 2.08. The van der Waals surface area contributed by atoms with E-state index in [1.54, 1.807) is 0 Å². The topological polar surface area (TPSA) is 0 Å². The first kappa shape index (κ1) is 15.9. The average molecular weight is 272 g/mol. The van der Waals surface area contributed by atoms with Crippen molar-refractivity contribution < 1.29 is 39.5 Å². The Hall–Kier alpha value is -1.11. The SMILES string of the molecule is CCC(=C=C(F)F)C(F)(C(F)(F)F)C(F)(F)F. The molecule has 0 saturated carbocycles. The number of rotatable bonds is 2. The zero-order valence-electron chi connectivity index (χ0n) is 8.11. The molecule has 0 fully saturated rings. The quantitative estimate of drug-likeness (QED) is 0.511. The summed E-state index contributed by atoms with van der Waals surface area (Å²) in [5.41, 5.74) is -7.56. The molecule has 0 radical (unpaired) electrons. The zero-order valence-corrected chi connectivity index (χ0v) is 8.11. The van der Waals surface area contributed by atoms with Gasteiger partial charge in [-0.1, -0.05) is 6.92 Å². The van der Waals surface area contributed by atoms with E-state index in [0.29, 0.717) is 12.7 Å². The van der Waals surface area contributed by atoms with Crippen molar-refractivity contribution in [2.24, 2.45) is 0 Å². The molecule has 0 nitrogen and oxygen atoms in total. The third-order valence-electron chi connectivity index (χ3n) is 1.80. The van der Waals surface area contributed by atoms with Crippen LogP contribution in [0.1, 0.15) is 13.3 Å². The second-order valence-electron chi connectivity index (χ2n) is 2.87. The number of allylic oxidation sites excluding steroid dienone is 1. The lowest BCUT2D eigenvalue weighted by Gasteiger charge is -2.30. The second kappa shape index (κ2) is 4.64. The minimum atomic E-state index is -6.39. The molecule has 0 unspecified atom stereocenters. The van der Waals surface area contributed by atoms with Gasteiger partial charge in [0.15, 0.2) is 0 Å². The van der Waals surface area contributed by atoms with Crippen LogP contribution in [0.4, 0.5) is 39.5 Å². The fraction of sp³-hybridized carbons (Fsp3) is 0.625. The fourth-order valence-electron chi connectivity index (χ4n) is 1.04. The first-order valence-electron chi connectivity index (χ1n) is 4.01. The van der Waals surface area contributed by atoms with Gasteiger partial charge in [0, 0.05) is 5.57 Å². The molecule has 0 spiro atoms. The van der Waals surface area contributed by atoms with Gasteiger partial charge >= 0.3 is 24.1 Å². The molecule has 0 atom stereocenters. The molecule has 17 heavy (non-hydrogen) atoms. The molecule has 100 valence electrons.